The first-order chi connectivity index (χ1) is 13.1. The lowest BCUT2D eigenvalue weighted by Gasteiger charge is -2.22. The summed E-state index contributed by atoms with van der Waals surface area (Å²) in [7, 11) is -1.84. The van der Waals surface area contributed by atoms with Gasteiger partial charge in [0.05, 0.1) is 18.0 Å². The van der Waals surface area contributed by atoms with Gasteiger partial charge < -0.3 is 10.1 Å². The standard InChI is InChI=1S/C21H28N2O4S/c1-6-20(21(24)22-16(3)19-10-8-7-9-15(19)2)27-18-13-11-17(12-14-18)23(4)28(5,25)26/h7-14,16,20H,6H2,1-5H3,(H,22,24). The monoisotopic (exact) mass is 404 g/mol. The number of nitrogens with one attached hydrogen (secondary N) is 1. The van der Waals surface area contributed by atoms with Gasteiger partial charge in [-0.15, -0.1) is 0 Å². The molecule has 2 aromatic carbocycles. The summed E-state index contributed by atoms with van der Waals surface area (Å²) in [5.41, 5.74) is 2.72. The van der Waals surface area contributed by atoms with Crippen molar-refractivity contribution in [2.24, 2.45) is 0 Å². The van der Waals surface area contributed by atoms with Gasteiger partial charge in [-0.25, -0.2) is 8.42 Å². The molecular formula is C21H28N2O4S. The summed E-state index contributed by atoms with van der Waals surface area (Å²) in [6.07, 6.45) is 1.02. The topological polar surface area (TPSA) is 75.7 Å². The number of aryl methyl sites for hydroxylation is 1. The first-order valence-corrected chi connectivity index (χ1v) is 11.0. The molecule has 0 radical (unpaired) electrons. The molecule has 0 aliphatic rings. The molecular weight excluding hydrogens is 376 g/mol. The van der Waals surface area contributed by atoms with Crippen molar-refractivity contribution < 1.29 is 17.9 Å². The molecule has 0 bridgehead atoms. The summed E-state index contributed by atoms with van der Waals surface area (Å²) in [6, 6.07) is 14.4. The van der Waals surface area contributed by atoms with Crippen molar-refractivity contribution in [3.8, 4) is 5.75 Å². The lowest BCUT2D eigenvalue weighted by molar-refractivity contribution is -0.128. The lowest BCUT2D eigenvalue weighted by Crippen LogP contribution is -2.39. The van der Waals surface area contributed by atoms with Crippen LogP contribution in [0.25, 0.3) is 0 Å². The quantitative estimate of drug-likeness (QED) is 0.731. The van der Waals surface area contributed by atoms with Crippen molar-refractivity contribution in [3.05, 3.63) is 59.7 Å². The fraction of sp³-hybridized carbons (Fsp3) is 0.381. The lowest BCUT2D eigenvalue weighted by atomic mass is 10.0. The largest absolute Gasteiger partial charge is 0.481 e. The fourth-order valence-electron chi connectivity index (χ4n) is 2.87. The molecule has 152 valence electrons. The van der Waals surface area contributed by atoms with E-state index in [2.05, 4.69) is 5.32 Å². The number of ether oxygens (including phenoxy) is 1. The Morgan fingerprint density at radius 2 is 1.75 bits per heavy atom. The average molecular weight is 405 g/mol. The van der Waals surface area contributed by atoms with Crippen molar-refractivity contribution in [1.29, 1.82) is 0 Å². The number of nitrogens with zero attached hydrogens (tertiary/aromatic N) is 1. The Labute approximate surface area is 167 Å². The summed E-state index contributed by atoms with van der Waals surface area (Å²) in [4.78, 5) is 12.7. The number of carbonyl (C=O) groups excluding carboxylic acids is 1. The first-order valence-electron chi connectivity index (χ1n) is 9.20. The molecule has 28 heavy (non-hydrogen) atoms. The van der Waals surface area contributed by atoms with Crippen LogP contribution >= 0.6 is 0 Å². The van der Waals surface area contributed by atoms with E-state index in [1.54, 1.807) is 24.3 Å². The number of carbonyl (C=O) groups is 1. The van der Waals surface area contributed by atoms with Gasteiger partial charge in [0.15, 0.2) is 6.10 Å². The normalized spacial score (nSPS) is 13.5. The Morgan fingerprint density at radius 1 is 1.14 bits per heavy atom. The molecule has 0 saturated heterocycles. The zero-order chi connectivity index (χ0) is 20.9. The van der Waals surface area contributed by atoms with Crippen molar-refractivity contribution in [2.75, 3.05) is 17.6 Å². The zero-order valence-electron chi connectivity index (χ0n) is 17.0. The molecule has 1 amide bonds. The predicted molar refractivity (Wildman–Crippen MR) is 112 cm³/mol. The molecule has 0 fully saturated rings. The maximum Gasteiger partial charge on any atom is 0.261 e. The van der Waals surface area contributed by atoms with Crippen LogP contribution in [0.1, 0.15) is 37.4 Å². The number of hydrogen-bond donors (Lipinski definition) is 1. The number of rotatable bonds is 8. The molecule has 2 aromatic rings. The average Bonchev–Trinajstić information content (AvgIpc) is 2.65. The van der Waals surface area contributed by atoms with E-state index in [4.69, 9.17) is 4.74 Å². The van der Waals surface area contributed by atoms with Crippen LogP contribution in [-0.4, -0.2) is 33.7 Å². The second-order valence-corrected chi connectivity index (χ2v) is 8.84. The van der Waals surface area contributed by atoms with Gasteiger partial charge >= 0.3 is 0 Å². The summed E-state index contributed by atoms with van der Waals surface area (Å²) in [5.74, 6) is 0.326. The Morgan fingerprint density at radius 3 is 2.29 bits per heavy atom. The SMILES string of the molecule is CCC(Oc1ccc(N(C)S(C)(=O)=O)cc1)C(=O)NC(C)c1ccccc1C. The molecule has 0 saturated carbocycles. The van der Waals surface area contributed by atoms with Crippen molar-refractivity contribution in [2.45, 2.75) is 39.3 Å². The number of hydrogen-bond acceptors (Lipinski definition) is 4. The van der Waals surface area contributed by atoms with E-state index in [0.29, 0.717) is 17.9 Å². The Bertz CT molecular complexity index is 910. The molecule has 0 aliphatic heterocycles. The minimum absolute atomic E-state index is 0.128. The summed E-state index contributed by atoms with van der Waals surface area (Å²) in [5, 5.41) is 3.01. The van der Waals surface area contributed by atoms with Crippen LogP contribution < -0.4 is 14.4 Å². The van der Waals surface area contributed by atoms with Gasteiger partial charge in [0, 0.05) is 7.05 Å². The molecule has 0 heterocycles. The van der Waals surface area contributed by atoms with E-state index < -0.39 is 16.1 Å². The Hall–Kier alpha value is -2.54. The number of benzene rings is 2. The van der Waals surface area contributed by atoms with Gasteiger partial charge in [-0.2, -0.15) is 0 Å². The van der Waals surface area contributed by atoms with Crippen LogP contribution in [0.2, 0.25) is 0 Å². The summed E-state index contributed by atoms with van der Waals surface area (Å²) >= 11 is 0. The van der Waals surface area contributed by atoms with E-state index in [1.807, 2.05) is 45.0 Å². The molecule has 0 aromatic heterocycles. The third-order valence-electron chi connectivity index (χ3n) is 4.65. The van der Waals surface area contributed by atoms with Gasteiger partial charge in [0.25, 0.3) is 5.91 Å². The van der Waals surface area contributed by atoms with Crippen LogP contribution in [-0.2, 0) is 14.8 Å². The third kappa shape index (κ3) is 5.48. The van der Waals surface area contributed by atoms with E-state index in [1.165, 1.54) is 11.4 Å². The van der Waals surface area contributed by atoms with Crippen molar-refractivity contribution in [3.63, 3.8) is 0 Å². The number of anilines is 1. The maximum absolute atomic E-state index is 12.7. The van der Waals surface area contributed by atoms with Gasteiger partial charge in [-0.1, -0.05) is 31.2 Å². The molecule has 7 heteroatoms. The fourth-order valence-corrected chi connectivity index (χ4v) is 3.37. The van der Waals surface area contributed by atoms with Gasteiger partial charge in [-0.05, 0) is 55.7 Å². The number of amides is 1. The first kappa shape index (κ1) is 21.8. The second kappa shape index (κ2) is 9.10. The molecule has 2 atom stereocenters. The van der Waals surface area contributed by atoms with E-state index >= 15 is 0 Å². The summed E-state index contributed by atoms with van der Waals surface area (Å²) in [6.45, 7) is 5.85. The number of sulfonamides is 1. The highest BCUT2D eigenvalue weighted by molar-refractivity contribution is 7.92. The highest BCUT2D eigenvalue weighted by atomic mass is 32.2. The molecule has 0 spiro atoms. The van der Waals surface area contributed by atoms with Crippen LogP contribution in [0.15, 0.2) is 48.5 Å². The maximum atomic E-state index is 12.7. The molecule has 2 unspecified atom stereocenters. The van der Waals surface area contributed by atoms with Crippen molar-refractivity contribution >= 4 is 21.6 Å². The Kier molecular flexibility index (Phi) is 7.07. The van der Waals surface area contributed by atoms with E-state index in [9.17, 15) is 13.2 Å². The third-order valence-corrected chi connectivity index (χ3v) is 5.86. The van der Waals surface area contributed by atoms with Crippen LogP contribution in [0, 0.1) is 6.92 Å². The van der Waals surface area contributed by atoms with Crippen LogP contribution in [0.3, 0.4) is 0 Å². The van der Waals surface area contributed by atoms with Gasteiger partial charge in [0.2, 0.25) is 10.0 Å². The minimum atomic E-state index is -3.32. The highest BCUT2D eigenvalue weighted by Crippen LogP contribution is 2.22. The van der Waals surface area contributed by atoms with E-state index in [-0.39, 0.29) is 11.9 Å². The smallest absolute Gasteiger partial charge is 0.261 e. The minimum Gasteiger partial charge on any atom is -0.481 e. The molecule has 0 aliphatic carbocycles. The molecule has 2 rings (SSSR count). The Balaban J connectivity index is 2.05. The molecule has 1 N–H and O–H groups in total. The predicted octanol–water partition coefficient (Wildman–Crippen LogP) is 3.43. The van der Waals surface area contributed by atoms with Crippen LogP contribution in [0.4, 0.5) is 5.69 Å². The van der Waals surface area contributed by atoms with Gasteiger partial charge in [-0.3, -0.25) is 9.10 Å². The highest BCUT2D eigenvalue weighted by Gasteiger charge is 2.21. The van der Waals surface area contributed by atoms with Crippen LogP contribution in [0.5, 0.6) is 5.75 Å². The van der Waals surface area contributed by atoms with Gasteiger partial charge in [0.1, 0.15) is 5.75 Å². The summed E-state index contributed by atoms with van der Waals surface area (Å²) < 4.78 is 30.2. The van der Waals surface area contributed by atoms with Crippen molar-refractivity contribution in [1.82, 2.24) is 5.32 Å². The zero-order valence-corrected chi connectivity index (χ0v) is 17.8. The second-order valence-electron chi connectivity index (χ2n) is 6.83. The molecule has 6 nitrogen and oxygen atoms in total. The van der Waals surface area contributed by atoms with E-state index in [0.717, 1.165) is 17.4 Å².